The number of benzene rings is 1. The minimum atomic E-state index is -0.0506. The molecule has 5 heterocycles. The zero-order valence-corrected chi connectivity index (χ0v) is 20.2. The molecule has 6 rings (SSSR count). The van der Waals surface area contributed by atoms with Gasteiger partial charge in [0.15, 0.2) is 5.65 Å². The Morgan fingerprint density at radius 3 is 2.66 bits per heavy atom. The van der Waals surface area contributed by atoms with E-state index in [1.165, 1.54) is 43.7 Å². The molecular weight excluding hydrogens is 456 g/mol. The predicted octanol–water partition coefficient (Wildman–Crippen LogP) is 5.04. The normalized spacial score (nSPS) is 14.5. The molecule has 8 heteroatoms. The highest BCUT2D eigenvalue weighted by atomic mass is 32.1. The highest BCUT2D eigenvalue weighted by molar-refractivity contribution is 7.12. The minimum absolute atomic E-state index is 0.0506. The standard InChI is InChI=1S/C27H26N6OS/c34-26(25-8-5-15-35-25)23-18-30-33-24(9-10-28-27(23)33)21-7-4-6-20(16-21)22-17-29-32(19-22)14-13-31-11-2-1-3-12-31/h4-10,15-19H,1-3,11-14H2. The van der Waals surface area contributed by atoms with E-state index in [1.54, 1.807) is 16.9 Å². The third kappa shape index (κ3) is 4.42. The lowest BCUT2D eigenvalue weighted by molar-refractivity contribution is 0.104. The van der Waals surface area contributed by atoms with Crippen LogP contribution in [0.2, 0.25) is 0 Å². The summed E-state index contributed by atoms with van der Waals surface area (Å²) in [6.45, 7) is 4.34. The summed E-state index contributed by atoms with van der Waals surface area (Å²) in [7, 11) is 0. The van der Waals surface area contributed by atoms with Crippen molar-refractivity contribution in [3.8, 4) is 22.4 Å². The van der Waals surface area contributed by atoms with Crippen molar-refractivity contribution < 1.29 is 4.79 Å². The van der Waals surface area contributed by atoms with Crippen molar-refractivity contribution in [2.75, 3.05) is 19.6 Å². The molecule has 0 amide bonds. The molecule has 0 saturated carbocycles. The van der Waals surface area contributed by atoms with Crippen molar-refractivity contribution in [3.63, 3.8) is 0 Å². The van der Waals surface area contributed by atoms with Crippen molar-refractivity contribution in [1.82, 2.24) is 29.3 Å². The number of likely N-dealkylation sites (tertiary alicyclic amines) is 1. The molecule has 7 nitrogen and oxygen atoms in total. The summed E-state index contributed by atoms with van der Waals surface area (Å²) in [6.07, 6.45) is 11.4. The molecule has 0 unspecified atom stereocenters. The van der Waals surface area contributed by atoms with E-state index in [0.29, 0.717) is 16.1 Å². The van der Waals surface area contributed by atoms with Crippen LogP contribution in [-0.2, 0) is 6.54 Å². The monoisotopic (exact) mass is 482 g/mol. The van der Waals surface area contributed by atoms with E-state index in [0.717, 1.165) is 35.5 Å². The summed E-state index contributed by atoms with van der Waals surface area (Å²) in [5.41, 5.74) is 5.16. The average Bonchev–Trinajstić information content (AvgIpc) is 3.69. The number of carbonyl (C=O) groups is 1. The lowest BCUT2D eigenvalue weighted by Gasteiger charge is -2.26. The number of fused-ring (bicyclic) bond motifs is 1. The number of hydrogen-bond acceptors (Lipinski definition) is 6. The number of hydrogen-bond donors (Lipinski definition) is 0. The maximum atomic E-state index is 12.9. The number of piperidine rings is 1. The van der Waals surface area contributed by atoms with Crippen molar-refractivity contribution >= 4 is 22.8 Å². The zero-order valence-electron chi connectivity index (χ0n) is 19.4. The first-order valence-corrected chi connectivity index (χ1v) is 12.9. The number of nitrogens with zero attached hydrogens (tertiary/aromatic N) is 6. The second-order valence-corrected chi connectivity index (χ2v) is 9.85. The van der Waals surface area contributed by atoms with Gasteiger partial charge in [-0.1, -0.05) is 30.7 Å². The Kier molecular flexibility index (Phi) is 5.98. The summed E-state index contributed by atoms with van der Waals surface area (Å²) >= 11 is 1.43. The van der Waals surface area contributed by atoms with Gasteiger partial charge < -0.3 is 4.90 Å². The van der Waals surface area contributed by atoms with E-state index in [9.17, 15) is 4.79 Å². The molecule has 1 aromatic carbocycles. The molecule has 1 fully saturated rings. The minimum Gasteiger partial charge on any atom is -0.301 e. The topological polar surface area (TPSA) is 68.3 Å². The first kappa shape index (κ1) is 21.9. The predicted molar refractivity (Wildman–Crippen MR) is 138 cm³/mol. The molecule has 35 heavy (non-hydrogen) atoms. The first-order chi connectivity index (χ1) is 17.3. The second-order valence-electron chi connectivity index (χ2n) is 8.91. The average molecular weight is 483 g/mol. The molecule has 0 aliphatic carbocycles. The SMILES string of the molecule is O=C(c1cccs1)c1cnn2c(-c3cccc(-c4cnn(CCN5CCCCC5)c4)c3)ccnc12. The number of thiophene rings is 1. The molecule has 0 atom stereocenters. The lowest BCUT2D eigenvalue weighted by atomic mass is 10.0. The van der Waals surface area contributed by atoms with Crippen LogP contribution < -0.4 is 0 Å². The molecule has 176 valence electrons. The summed E-state index contributed by atoms with van der Waals surface area (Å²) in [4.78, 5) is 20.6. The van der Waals surface area contributed by atoms with Gasteiger partial charge >= 0.3 is 0 Å². The second kappa shape index (κ2) is 9.56. The smallest absolute Gasteiger partial charge is 0.208 e. The Labute approximate surface area is 207 Å². The highest BCUT2D eigenvalue weighted by Crippen LogP contribution is 2.27. The molecule has 5 aromatic rings. The number of aromatic nitrogens is 5. The molecule has 0 N–H and O–H groups in total. The van der Waals surface area contributed by atoms with E-state index in [2.05, 4.69) is 44.5 Å². The van der Waals surface area contributed by atoms with Crippen LogP contribution >= 0.6 is 11.3 Å². The lowest BCUT2D eigenvalue weighted by Crippen LogP contribution is -2.32. The Hall–Kier alpha value is -3.62. The molecule has 1 aliphatic rings. The molecule has 0 spiro atoms. The Bertz CT molecular complexity index is 1460. The maximum Gasteiger partial charge on any atom is 0.208 e. The van der Waals surface area contributed by atoms with E-state index in [-0.39, 0.29) is 5.78 Å². The van der Waals surface area contributed by atoms with Gasteiger partial charge in [0.25, 0.3) is 0 Å². The van der Waals surface area contributed by atoms with E-state index >= 15 is 0 Å². The van der Waals surface area contributed by atoms with Gasteiger partial charge in [-0.05, 0) is 55.1 Å². The van der Waals surface area contributed by atoms with Crippen LogP contribution in [-0.4, -0.2) is 54.7 Å². The third-order valence-corrected chi connectivity index (χ3v) is 7.48. The van der Waals surface area contributed by atoms with Crippen LogP contribution in [0.1, 0.15) is 34.5 Å². The van der Waals surface area contributed by atoms with Crippen LogP contribution in [0.3, 0.4) is 0 Å². The summed E-state index contributed by atoms with van der Waals surface area (Å²) in [6, 6.07) is 14.0. The summed E-state index contributed by atoms with van der Waals surface area (Å²) in [5, 5.41) is 11.0. The molecule has 0 bridgehead atoms. The number of carbonyl (C=O) groups excluding carboxylic acids is 1. The fourth-order valence-electron chi connectivity index (χ4n) is 4.73. The largest absolute Gasteiger partial charge is 0.301 e. The van der Waals surface area contributed by atoms with Crippen LogP contribution in [0.5, 0.6) is 0 Å². The van der Waals surface area contributed by atoms with Crippen LogP contribution in [0.25, 0.3) is 28.0 Å². The Balaban J connectivity index is 1.26. The van der Waals surface area contributed by atoms with Crippen molar-refractivity contribution in [3.05, 3.63) is 83.1 Å². The van der Waals surface area contributed by atoms with Crippen LogP contribution in [0.15, 0.2) is 72.6 Å². The van der Waals surface area contributed by atoms with Gasteiger partial charge in [-0.3, -0.25) is 9.48 Å². The molecule has 0 radical (unpaired) electrons. The van der Waals surface area contributed by atoms with Crippen LogP contribution in [0.4, 0.5) is 0 Å². The number of ketones is 1. The summed E-state index contributed by atoms with van der Waals surface area (Å²) in [5.74, 6) is -0.0506. The Morgan fingerprint density at radius 2 is 1.80 bits per heavy atom. The van der Waals surface area contributed by atoms with E-state index in [4.69, 9.17) is 0 Å². The van der Waals surface area contributed by atoms with Gasteiger partial charge in [-0.2, -0.15) is 10.2 Å². The van der Waals surface area contributed by atoms with Gasteiger partial charge in [0.1, 0.15) is 0 Å². The molecular formula is C27H26N6OS. The molecule has 1 aliphatic heterocycles. The van der Waals surface area contributed by atoms with E-state index in [1.807, 2.05) is 40.5 Å². The highest BCUT2D eigenvalue weighted by Gasteiger charge is 2.18. The third-order valence-electron chi connectivity index (χ3n) is 6.61. The fraction of sp³-hybridized carbons (Fsp3) is 0.259. The van der Waals surface area contributed by atoms with Gasteiger partial charge in [-0.15, -0.1) is 11.3 Å². The Morgan fingerprint density at radius 1 is 0.914 bits per heavy atom. The van der Waals surface area contributed by atoms with Gasteiger partial charge in [0.2, 0.25) is 5.78 Å². The molecule has 4 aromatic heterocycles. The quantitative estimate of drug-likeness (QED) is 0.304. The first-order valence-electron chi connectivity index (χ1n) is 12.0. The van der Waals surface area contributed by atoms with Gasteiger partial charge in [-0.25, -0.2) is 9.50 Å². The van der Waals surface area contributed by atoms with Gasteiger partial charge in [0, 0.05) is 30.1 Å². The van der Waals surface area contributed by atoms with E-state index < -0.39 is 0 Å². The number of rotatable bonds is 7. The maximum absolute atomic E-state index is 12.9. The fourth-order valence-corrected chi connectivity index (χ4v) is 5.41. The van der Waals surface area contributed by atoms with Gasteiger partial charge in [0.05, 0.1) is 35.1 Å². The molecule has 1 saturated heterocycles. The zero-order chi connectivity index (χ0) is 23.6. The van der Waals surface area contributed by atoms with Crippen molar-refractivity contribution in [2.45, 2.75) is 25.8 Å². The van der Waals surface area contributed by atoms with Crippen LogP contribution in [0, 0.1) is 0 Å². The van der Waals surface area contributed by atoms with Crippen molar-refractivity contribution in [2.24, 2.45) is 0 Å². The summed E-state index contributed by atoms with van der Waals surface area (Å²) < 4.78 is 3.79. The van der Waals surface area contributed by atoms with Crippen molar-refractivity contribution in [1.29, 1.82) is 0 Å².